The quantitative estimate of drug-likeness (QED) is 0.616. The van der Waals surface area contributed by atoms with Gasteiger partial charge in [0.15, 0.2) is 0 Å². The summed E-state index contributed by atoms with van der Waals surface area (Å²) in [7, 11) is 0. The summed E-state index contributed by atoms with van der Waals surface area (Å²) in [6, 6.07) is 0. The van der Waals surface area contributed by atoms with Crippen molar-refractivity contribution >= 4 is 11.9 Å². The Labute approximate surface area is 96.7 Å². The van der Waals surface area contributed by atoms with Crippen LogP contribution in [-0.2, 0) is 14.3 Å². The van der Waals surface area contributed by atoms with Crippen molar-refractivity contribution in [3.63, 3.8) is 0 Å². The van der Waals surface area contributed by atoms with Gasteiger partial charge in [0.1, 0.15) is 0 Å². The number of nitrogens with two attached hydrogens (primary N) is 1. The largest absolute Gasteiger partial charge is 0.466 e. The highest BCUT2D eigenvalue weighted by Gasteiger charge is 2.25. The van der Waals surface area contributed by atoms with Gasteiger partial charge in [-0.15, -0.1) is 0 Å². The first-order chi connectivity index (χ1) is 7.31. The minimum atomic E-state index is -0.603. The predicted octanol–water partition coefficient (Wildman–Crippen LogP) is 0.287. The number of hydrogen-bond donors (Lipinski definition) is 2. The van der Waals surface area contributed by atoms with Gasteiger partial charge in [-0.3, -0.25) is 9.59 Å². The van der Waals surface area contributed by atoms with Gasteiger partial charge in [-0.05, 0) is 20.8 Å². The molecule has 0 heterocycles. The van der Waals surface area contributed by atoms with Crippen molar-refractivity contribution in [3.05, 3.63) is 0 Å². The number of ether oxygens (including phenoxy) is 1. The van der Waals surface area contributed by atoms with E-state index in [0.29, 0.717) is 19.7 Å². The van der Waals surface area contributed by atoms with Crippen LogP contribution >= 0.6 is 0 Å². The molecule has 0 fully saturated rings. The minimum Gasteiger partial charge on any atom is -0.466 e. The zero-order valence-corrected chi connectivity index (χ0v) is 10.5. The van der Waals surface area contributed by atoms with E-state index in [9.17, 15) is 9.59 Å². The number of carbonyl (C=O) groups excluding carboxylic acids is 2. The van der Waals surface area contributed by atoms with E-state index in [1.165, 1.54) is 0 Å². The number of carbonyl (C=O) groups is 2. The summed E-state index contributed by atoms with van der Waals surface area (Å²) < 4.78 is 4.86. The molecule has 94 valence electrons. The fourth-order valence-corrected chi connectivity index (χ4v) is 1.06. The fraction of sp³-hybridized carbons (Fsp3) is 0.818. The summed E-state index contributed by atoms with van der Waals surface area (Å²) in [5, 5.41) is 3.04. The maximum atomic E-state index is 11.3. The molecule has 0 radical (unpaired) electrons. The van der Waals surface area contributed by atoms with Crippen LogP contribution in [0.3, 0.4) is 0 Å². The molecule has 5 heteroatoms. The Morgan fingerprint density at radius 1 is 1.44 bits per heavy atom. The van der Waals surface area contributed by atoms with Crippen LogP contribution in [0.15, 0.2) is 0 Å². The van der Waals surface area contributed by atoms with E-state index < -0.39 is 5.41 Å². The van der Waals surface area contributed by atoms with E-state index in [0.717, 1.165) is 0 Å². The third-order valence-electron chi connectivity index (χ3n) is 2.37. The average Bonchev–Trinajstić information content (AvgIpc) is 2.17. The highest BCUT2D eigenvalue weighted by Crippen LogP contribution is 2.11. The first-order valence-electron chi connectivity index (χ1n) is 5.48. The molecule has 0 rings (SSSR count). The third-order valence-corrected chi connectivity index (χ3v) is 2.37. The van der Waals surface area contributed by atoms with Gasteiger partial charge < -0.3 is 15.8 Å². The summed E-state index contributed by atoms with van der Waals surface area (Å²) >= 11 is 0. The normalized spacial score (nSPS) is 13.2. The third kappa shape index (κ3) is 5.11. The van der Waals surface area contributed by atoms with Gasteiger partial charge in [0.25, 0.3) is 0 Å². The molecule has 0 aromatic carbocycles. The van der Waals surface area contributed by atoms with Gasteiger partial charge in [0.2, 0.25) is 5.91 Å². The lowest BCUT2D eigenvalue weighted by molar-refractivity contribution is -0.147. The summed E-state index contributed by atoms with van der Waals surface area (Å²) in [5.74, 6) is -0.806. The van der Waals surface area contributed by atoms with Crippen molar-refractivity contribution in [3.8, 4) is 0 Å². The van der Waals surface area contributed by atoms with Gasteiger partial charge in [0, 0.05) is 13.1 Å². The molecular formula is C11H22N2O3. The molecule has 0 aromatic heterocycles. The molecule has 0 saturated heterocycles. The molecule has 0 aliphatic heterocycles. The van der Waals surface area contributed by atoms with Gasteiger partial charge in [-0.2, -0.15) is 0 Å². The molecule has 0 aliphatic rings. The zero-order chi connectivity index (χ0) is 12.8. The molecule has 1 amide bonds. The lowest BCUT2D eigenvalue weighted by Gasteiger charge is -2.21. The second-order valence-corrected chi connectivity index (χ2v) is 4.53. The highest BCUT2D eigenvalue weighted by atomic mass is 16.5. The Kier molecular flexibility index (Phi) is 6.03. The molecule has 16 heavy (non-hydrogen) atoms. The van der Waals surface area contributed by atoms with Crippen molar-refractivity contribution in [2.45, 2.75) is 27.7 Å². The topological polar surface area (TPSA) is 81.4 Å². The maximum Gasteiger partial charge on any atom is 0.309 e. The highest BCUT2D eigenvalue weighted by molar-refractivity contribution is 5.80. The molecule has 1 atom stereocenters. The van der Waals surface area contributed by atoms with Crippen LogP contribution in [-0.4, -0.2) is 31.6 Å². The Morgan fingerprint density at radius 3 is 2.44 bits per heavy atom. The van der Waals surface area contributed by atoms with Gasteiger partial charge >= 0.3 is 5.97 Å². The number of rotatable bonds is 7. The lowest BCUT2D eigenvalue weighted by atomic mass is 9.92. The lowest BCUT2D eigenvalue weighted by Crippen LogP contribution is -2.42. The molecule has 0 bridgehead atoms. The Morgan fingerprint density at radius 2 is 2.00 bits per heavy atom. The van der Waals surface area contributed by atoms with E-state index in [-0.39, 0.29) is 17.8 Å². The second-order valence-electron chi connectivity index (χ2n) is 4.53. The number of hydrogen-bond acceptors (Lipinski definition) is 4. The minimum absolute atomic E-state index is 0.219. The molecule has 0 saturated carbocycles. The Bertz CT molecular complexity index is 252. The van der Waals surface area contributed by atoms with Crippen LogP contribution in [0.4, 0.5) is 0 Å². The predicted molar refractivity (Wildman–Crippen MR) is 61.6 cm³/mol. The fourth-order valence-electron chi connectivity index (χ4n) is 1.06. The van der Waals surface area contributed by atoms with Gasteiger partial charge in [-0.25, -0.2) is 0 Å². The average molecular weight is 230 g/mol. The Balaban J connectivity index is 3.90. The summed E-state index contributed by atoms with van der Waals surface area (Å²) in [6.07, 6.45) is 0. The standard InChI is InChI=1S/C11H22N2O3/c1-5-16-9(14)8(2)6-13-7-11(3,4)10(12)15/h8,13H,5-7H2,1-4H3,(H2,12,15). The molecule has 3 N–H and O–H groups in total. The van der Waals surface area contributed by atoms with Crippen LogP contribution in [0.5, 0.6) is 0 Å². The molecule has 0 spiro atoms. The molecule has 1 unspecified atom stereocenters. The van der Waals surface area contributed by atoms with Crippen molar-refractivity contribution in [1.29, 1.82) is 0 Å². The van der Waals surface area contributed by atoms with Crippen molar-refractivity contribution in [1.82, 2.24) is 5.32 Å². The van der Waals surface area contributed by atoms with Gasteiger partial charge in [0.05, 0.1) is 17.9 Å². The summed E-state index contributed by atoms with van der Waals surface area (Å²) in [5.41, 5.74) is 4.62. The summed E-state index contributed by atoms with van der Waals surface area (Å²) in [6.45, 7) is 8.39. The van der Waals surface area contributed by atoms with Crippen LogP contribution in [0.25, 0.3) is 0 Å². The molecular weight excluding hydrogens is 208 g/mol. The van der Waals surface area contributed by atoms with Crippen molar-refractivity contribution in [2.24, 2.45) is 17.1 Å². The smallest absolute Gasteiger partial charge is 0.309 e. The SMILES string of the molecule is CCOC(=O)C(C)CNCC(C)(C)C(N)=O. The molecule has 0 aromatic rings. The number of amides is 1. The van der Waals surface area contributed by atoms with Gasteiger partial charge in [-0.1, -0.05) is 6.92 Å². The number of primary amides is 1. The van der Waals surface area contributed by atoms with Crippen LogP contribution in [0.2, 0.25) is 0 Å². The molecule has 5 nitrogen and oxygen atoms in total. The number of nitrogens with one attached hydrogen (secondary N) is 1. The zero-order valence-electron chi connectivity index (χ0n) is 10.5. The van der Waals surface area contributed by atoms with Crippen molar-refractivity contribution < 1.29 is 14.3 Å². The number of esters is 1. The second kappa shape index (κ2) is 6.48. The summed E-state index contributed by atoms with van der Waals surface area (Å²) in [4.78, 5) is 22.3. The van der Waals surface area contributed by atoms with E-state index >= 15 is 0 Å². The first-order valence-corrected chi connectivity index (χ1v) is 5.48. The first kappa shape index (κ1) is 14.9. The Hall–Kier alpha value is -1.10. The van der Waals surface area contributed by atoms with Crippen LogP contribution < -0.4 is 11.1 Å². The maximum absolute atomic E-state index is 11.3. The monoisotopic (exact) mass is 230 g/mol. The van der Waals surface area contributed by atoms with E-state index in [1.807, 2.05) is 0 Å². The van der Waals surface area contributed by atoms with E-state index in [1.54, 1.807) is 27.7 Å². The van der Waals surface area contributed by atoms with E-state index in [2.05, 4.69) is 5.32 Å². The van der Waals surface area contributed by atoms with Crippen LogP contribution in [0, 0.1) is 11.3 Å². The van der Waals surface area contributed by atoms with E-state index in [4.69, 9.17) is 10.5 Å². The molecule has 0 aliphatic carbocycles. The van der Waals surface area contributed by atoms with Crippen molar-refractivity contribution in [2.75, 3.05) is 19.7 Å². The van der Waals surface area contributed by atoms with Crippen LogP contribution in [0.1, 0.15) is 27.7 Å².